The van der Waals surface area contributed by atoms with E-state index in [1.807, 2.05) is 0 Å². The zero-order valence-electron chi connectivity index (χ0n) is 8.02. The van der Waals surface area contributed by atoms with Gasteiger partial charge in [-0.3, -0.25) is 0 Å². The molecule has 1 aromatic rings. The Morgan fingerprint density at radius 1 is 1.31 bits per heavy atom. The van der Waals surface area contributed by atoms with Crippen LogP contribution in [-0.4, -0.2) is 6.54 Å². The molecule has 0 heterocycles. The van der Waals surface area contributed by atoms with E-state index in [0.717, 1.165) is 25.8 Å². The molecule has 1 rings (SSSR count). The quantitative estimate of drug-likeness (QED) is 0.863. The standard InChI is InChI=1S/C11H16BrN/c1-2-9-8-11(12)6-5-10(9)4-3-7-13/h5-6,8H,2-4,7,13H2,1H3. The smallest absolute Gasteiger partial charge is 0.0178 e. The van der Waals surface area contributed by atoms with Gasteiger partial charge in [-0.15, -0.1) is 0 Å². The minimum Gasteiger partial charge on any atom is -0.330 e. The molecule has 0 saturated carbocycles. The number of nitrogens with two attached hydrogens (primary N) is 1. The van der Waals surface area contributed by atoms with Gasteiger partial charge in [0.15, 0.2) is 0 Å². The van der Waals surface area contributed by atoms with Crippen LogP contribution in [0, 0.1) is 0 Å². The molecule has 0 unspecified atom stereocenters. The summed E-state index contributed by atoms with van der Waals surface area (Å²) in [6, 6.07) is 6.50. The molecular weight excluding hydrogens is 226 g/mol. The van der Waals surface area contributed by atoms with Crippen molar-refractivity contribution >= 4 is 15.9 Å². The summed E-state index contributed by atoms with van der Waals surface area (Å²) in [6.07, 6.45) is 3.28. The summed E-state index contributed by atoms with van der Waals surface area (Å²) in [5.41, 5.74) is 8.36. The van der Waals surface area contributed by atoms with E-state index < -0.39 is 0 Å². The average molecular weight is 242 g/mol. The number of benzene rings is 1. The Morgan fingerprint density at radius 3 is 2.69 bits per heavy atom. The van der Waals surface area contributed by atoms with E-state index in [4.69, 9.17) is 5.73 Å². The molecule has 0 aliphatic rings. The number of halogens is 1. The normalized spacial score (nSPS) is 10.4. The van der Waals surface area contributed by atoms with Gasteiger partial charge in [-0.2, -0.15) is 0 Å². The maximum Gasteiger partial charge on any atom is 0.0178 e. The Morgan fingerprint density at radius 2 is 2.08 bits per heavy atom. The molecule has 2 heteroatoms. The molecule has 0 spiro atoms. The van der Waals surface area contributed by atoms with Crippen molar-refractivity contribution in [3.05, 3.63) is 33.8 Å². The van der Waals surface area contributed by atoms with Crippen LogP contribution in [-0.2, 0) is 12.8 Å². The first-order valence-corrected chi connectivity index (χ1v) is 5.54. The SMILES string of the molecule is CCc1cc(Br)ccc1CCCN. The van der Waals surface area contributed by atoms with Crippen LogP contribution < -0.4 is 5.73 Å². The van der Waals surface area contributed by atoms with Crippen LogP contribution in [0.5, 0.6) is 0 Å². The highest BCUT2D eigenvalue weighted by molar-refractivity contribution is 9.10. The molecular formula is C11H16BrN. The van der Waals surface area contributed by atoms with E-state index in [9.17, 15) is 0 Å². The first-order valence-electron chi connectivity index (χ1n) is 4.75. The summed E-state index contributed by atoms with van der Waals surface area (Å²) in [7, 11) is 0. The molecule has 0 aliphatic carbocycles. The van der Waals surface area contributed by atoms with Crippen molar-refractivity contribution in [1.82, 2.24) is 0 Å². The molecule has 0 bridgehead atoms. The zero-order chi connectivity index (χ0) is 9.68. The Hall–Kier alpha value is -0.340. The first-order chi connectivity index (χ1) is 6.27. The number of rotatable bonds is 4. The minimum atomic E-state index is 0.777. The lowest BCUT2D eigenvalue weighted by molar-refractivity contribution is 0.822. The monoisotopic (exact) mass is 241 g/mol. The summed E-state index contributed by atoms with van der Waals surface area (Å²) in [4.78, 5) is 0. The van der Waals surface area contributed by atoms with Crippen molar-refractivity contribution in [1.29, 1.82) is 0 Å². The molecule has 0 amide bonds. The molecule has 72 valence electrons. The fourth-order valence-electron chi connectivity index (χ4n) is 1.46. The predicted molar refractivity (Wildman–Crippen MR) is 60.9 cm³/mol. The van der Waals surface area contributed by atoms with Gasteiger partial charge in [0.1, 0.15) is 0 Å². The van der Waals surface area contributed by atoms with E-state index in [-0.39, 0.29) is 0 Å². The van der Waals surface area contributed by atoms with Crippen LogP contribution in [0.4, 0.5) is 0 Å². The summed E-state index contributed by atoms with van der Waals surface area (Å²) in [5.74, 6) is 0. The highest BCUT2D eigenvalue weighted by Crippen LogP contribution is 2.18. The minimum absolute atomic E-state index is 0.777. The second kappa shape index (κ2) is 5.40. The average Bonchev–Trinajstić information content (AvgIpc) is 2.16. The number of aryl methyl sites for hydroxylation is 2. The van der Waals surface area contributed by atoms with Gasteiger partial charge in [-0.1, -0.05) is 28.9 Å². The van der Waals surface area contributed by atoms with Gasteiger partial charge in [-0.05, 0) is 49.1 Å². The number of hydrogen-bond donors (Lipinski definition) is 1. The van der Waals surface area contributed by atoms with Gasteiger partial charge in [0.2, 0.25) is 0 Å². The van der Waals surface area contributed by atoms with Crippen LogP contribution in [0.3, 0.4) is 0 Å². The van der Waals surface area contributed by atoms with Crippen LogP contribution in [0.1, 0.15) is 24.5 Å². The molecule has 0 aliphatic heterocycles. The van der Waals surface area contributed by atoms with Crippen LogP contribution >= 0.6 is 15.9 Å². The molecule has 0 saturated heterocycles. The maximum absolute atomic E-state index is 5.49. The molecule has 0 radical (unpaired) electrons. The van der Waals surface area contributed by atoms with Gasteiger partial charge in [0.05, 0.1) is 0 Å². The fraction of sp³-hybridized carbons (Fsp3) is 0.455. The van der Waals surface area contributed by atoms with Crippen molar-refractivity contribution in [3.8, 4) is 0 Å². The fourth-order valence-corrected chi connectivity index (χ4v) is 1.87. The van der Waals surface area contributed by atoms with Gasteiger partial charge < -0.3 is 5.73 Å². The number of hydrogen-bond acceptors (Lipinski definition) is 1. The molecule has 1 nitrogen and oxygen atoms in total. The van der Waals surface area contributed by atoms with Crippen molar-refractivity contribution in [3.63, 3.8) is 0 Å². The molecule has 0 atom stereocenters. The Kier molecular flexibility index (Phi) is 4.46. The Balaban J connectivity index is 2.79. The van der Waals surface area contributed by atoms with Crippen molar-refractivity contribution in [2.45, 2.75) is 26.2 Å². The Labute approximate surface area is 88.5 Å². The summed E-state index contributed by atoms with van der Waals surface area (Å²) in [5, 5.41) is 0. The van der Waals surface area contributed by atoms with Gasteiger partial charge >= 0.3 is 0 Å². The van der Waals surface area contributed by atoms with Gasteiger partial charge in [0.25, 0.3) is 0 Å². The third kappa shape index (κ3) is 3.12. The molecule has 1 aromatic carbocycles. The molecule has 2 N–H and O–H groups in total. The van der Waals surface area contributed by atoms with Crippen molar-refractivity contribution in [2.75, 3.05) is 6.54 Å². The third-order valence-electron chi connectivity index (χ3n) is 2.20. The van der Waals surface area contributed by atoms with E-state index >= 15 is 0 Å². The van der Waals surface area contributed by atoms with E-state index in [0.29, 0.717) is 0 Å². The Bertz CT molecular complexity index is 271. The van der Waals surface area contributed by atoms with E-state index in [1.54, 1.807) is 0 Å². The predicted octanol–water partition coefficient (Wildman–Crippen LogP) is 2.90. The van der Waals surface area contributed by atoms with Crippen molar-refractivity contribution in [2.24, 2.45) is 5.73 Å². The summed E-state index contributed by atoms with van der Waals surface area (Å²) >= 11 is 3.48. The topological polar surface area (TPSA) is 26.0 Å². The largest absolute Gasteiger partial charge is 0.330 e. The van der Waals surface area contributed by atoms with Crippen LogP contribution in [0.15, 0.2) is 22.7 Å². The van der Waals surface area contributed by atoms with Gasteiger partial charge in [0, 0.05) is 4.47 Å². The second-order valence-electron chi connectivity index (χ2n) is 3.16. The second-order valence-corrected chi connectivity index (χ2v) is 4.07. The lowest BCUT2D eigenvalue weighted by Crippen LogP contribution is -2.02. The van der Waals surface area contributed by atoms with Crippen molar-refractivity contribution < 1.29 is 0 Å². The van der Waals surface area contributed by atoms with Crippen LogP contribution in [0.2, 0.25) is 0 Å². The van der Waals surface area contributed by atoms with E-state index in [1.165, 1.54) is 15.6 Å². The molecule has 13 heavy (non-hydrogen) atoms. The maximum atomic E-state index is 5.49. The highest BCUT2D eigenvalue weighted by atomic mass is 79.9. The third-order valence-corrected chi connectivity index (χ3v) is 2.69. The summed E-state index contributed by atoms with van der Waals surface area (Å²) in [6.45, 7) is 2.97. The summed E-state index contributed by atoms with van der Waals surface area (Å²) < 4.78 is 1.17. The lowest BCUT2D eigenvalue weighted by atomic mass is 10.0. The molecule has 0 aromatic heterocycles. The van der Waals surface area contributed by atoms with E-state index in [2.05, 4.69) is 41.1 Å². The van der Waals surface area contributed by atoms with Gasteiger partial charge in [-0.25, -0.2) is 0 Å². The zero-order valence-corrected chi connectivity index (χ0v) is 9.60. The first kappa shape index (κ1) is 10.7. The van der Waals surface area contributed by atoms with Crippen LogP contribution in [0.25, 0.3) is 0 Å². The molecule has 0 fully saturated rings. The highest BCUT2D eigenvalue weighted by Gasteiger charge is 2.00. The lowest BCUT2D eigenvalue weighted by Gasteiger charge is -2.07.